The molecule has 1 heterocycles. The summed E-state index contributed by atoms with van der Waals surface area (Å²) in [4.78, 5) is 7.50. The van der Waals surface area contributed by atoms with E-state index >= 15 is 0 Å². The first kappa shape index (κ1) is 20.1. The minimum atomic E-state index is -4.44. The van der Waals surface area contributed by atoms with Crippen LogP contribution < -0.4 is 10.6 Å². The molecule has 0 saturated heterocycles. The van der Waals surface area contributed by atoms with E-state index in [1.54, 1.807) is 0 Å². The maximum Gasteiger partial charge on any atom is 0.434 e. The van der Waals surface area contributed by atoms with Gasteiger partial charge in [0, 0.05) is 31.9 Å². The van der Waals surface area contributed by atoms with Crippen molar-refractivity contribution >= 4 is 17.3 Å². The molecule has 0 radical (unpaired) electrons. The smallest absolute Gasteiger partial charge is 0.356 e. The van der Waals surface area contributed by atoms with E-state index in [1.807, 2.05) is 0 Å². The van der Waals surface area contributed by atoms with Crippen LogP contribution in [0, 0.1) is 11.6 Å². The van der Waals surface area contributed by atoms with Gasteiger partial charge in [-0.15, -0.1) is 11.3 Å². The molecule has 0 unspecified atom stereocenters. The fourth-order valence-corrected chi connectivity index (χ4v) is 2.92. The molecule has 0 bridgehead atoms. The summed E-state index contributed by atoms with van der Waals surface area (Å²) in [5.74, 6) is -0.583. The summed E-state index contributed by atoms with van der Waals surface area (Å²) in [6.45, 7) is 0.647. The van der Waals surface area contributed by atoms with E-state index in [4.69, 9.17) is 0 Å². The second-order valence-corrected chi connectivity index (χ2v) is 6.23. The Kier molecular flexibility index (Phi) is 6.90. The van der Waals surface area contributed by atoms with Gasteiger partial charge in [0.15, 0.2) is 11.7 Å². The highest BCUT2D eigenvalue weighted by atomic mass is 32.1. The zero-order valence-corrected chi connectivity index (χ0v) is 14.6. The number of thiazole rings is 1. The Balaban J connectivity index is 1.76. The highest BCUT2D eigenvalue weighted by Crippen LogP contribution is 2.29. The molecule has 4 nitrogen and oxygen atoms in total. The molecule has 0 saturated carbocycles. The van der Waals surface area contributed by atoms with Gasteiger partial charge in [-0.1, -0.05) is 0 Å². The number of alkyl halides is 3. The SMILES string of the molecule is CN=C(NCCc1nc(C(F)(F)F)cs1)NCCc1cc(F)ccc1F. The summed E-state index contributed by atoms with van der Waals surface area (Å²) in [7, 11) is 1.53. The van der Waals surface area contributed by atoms with Crippen LogP contribution in [0.2, 0.25) is 0 Å². The molecule has 0 amide bonds. The van der Waals surface area contributed by atoms with E-state index in [0.717, 1.165) is 34.9 Å². The average molecular weight is 392 g/mol. The van der Waals surface area contributed by atoms with Crippen LogP contribution in [0.25, 0.3) is 0 Å². The Morgan fingerprint density at radius 1 is 1.15 bits per heavy atom. The second kappa shape index (κ2) is 8.93. The maximum absolute atomic E-state index is 13.5. The normalized spacial score (nSPS) is 12.3. The fourth-order valence-electron chi connectivity index (χ4n) is 2.11. The van der Waals surface area contributed by atoms with Gasteiger partial charge in [-0.2, -0.15) is 13.2 Å². The fraction of sp³-hybridized carbons (Fsp3) is 0.375. The van der Waals surface area contributed by atoms with Gasteiger partial charge in [0.1, 0.15) is 11.6 Å². The van der Waals surface area contributed by atoms with Crippen molar-refractivity contribution in [1.29, 1.82) is 0 Å². The van der Waals surface area contributed by atoms with Crippen molar-refractivity contribution in [1.82, 2.24) is 15.6 Å². The van der Waals surface area contributed by atoms with Crippen LogP contribution >= 0.6 is 11.3 Å². The highest BCUT2D eigenvalue weighted by Gasteiger charge is 2.33. The monoisotopic (exact) mass is 392 g/mol. The molecule has 142 valence electrons. The first-order valence-corrected chi connectivity index (χ1v) is 8.57. The first-order chi connectivity index (χ1) is 12.3. The largest absolute Gasteiger partial charge is 0.434 e. The Morgan fingerprint density at radius 2 is 1.85 bits per heavy atom. The third-order valence-electron chi connectivity index (χ3n) is 3.39. The number of guanidine groups is 1. The van der Waals surface area contributed by atoms with Crippen LogP contribution in [0.15, 0.2) is 28.6 Å². The minimum absolute atomic E-state index is 0.246. The number of aliphatic imine (C=N–C) groups is 1. The lowest BCUT2D eigenvalue weighted by Crippen LogP contribution is -2.39. The molecule has 2 aromatic rings. The van der Waals surface area contributed by atoms with E-state index in [-0.39, 0.29) is 12.0 Å². The van der Waals surface area contributed by atoms with E-state index < -0.39 is 23.5 Å². The predicted octanol–water partition coefficient (Wildman–Crippen LogP) is 3.39. The molecule has 0 fully saturated rings. The summed E-state index contributed by atoms with van der Waals surface area (Å²) in [5, 5.41) is 7.21. The summed E-state index contributed by atoms with van der Waals surface area (Å²) >= 11 is 0.945. The number of nitrogens with one attached hydrogen (secondary N) is 2. The molecule has 0 aliphatic heterocycles. The molecule has 2 rings (SSSR count). The Hall–Kier alpha value is -2.23. The van der Waals surface area contributed by atoms with Crippen LogP contribution in [0.3, 0.4) is 0 Å². The van der Waals surface area contributed by atoms with Crippen LogP contribution in [0.5, 0.6) is 0 Å². The zero-order valence-electron chi connectivity index (χ0n) is 13.8. The molecule has 0 atom stereocenters. The molecule has 1 aromatic carbocycles. The molecule has 10 heteroatoms. The molecule has 1 aromatic heterocycles. The molecule has 2 N–H and O–H groups in total. The molecular formula is C16H17F5N4S. The Morgan fingerprint density at radius 3 is 2.46 bits per heavy atom. The molecule has 0 spiro atoms. The number of halogens is 5. The van der Waals surface area contributed by atoms with Gasteiger partial charge in [-0.3, -0.25) is 4.99 Å². The second-order valence-electron chi connectivity index (χ2n) is 5.29. The van der Waals surface area contributed by atoms with Crippen molar-refractivity contribution in [3.63, 3.8) is 0 Å². The van der Waals surface area contributed by atoms with Crippen LogP contribution in [0.4, 0.5) is 22.0 Å². The lowest BCUT2D eigenvalue weighted by molar-refractivity contribution is -0.140. The van der Waals surface area contributed by atoms with Crippen molar-refractivity contribution in [2.75, 3.05) is 20.1 Å². The number of hydrogen-bond acceptors (Lipinski definition) is 3. The summed E-state index contributed by atoms with van der Waals surface area (Å²) in [6, 6.07) is 3.25. The molecule has 0 aliphatic rings. The highest BCUT2D eigenvalue weighted by molar-refractivity contribution is 7.09. The van der Waals surface area contributed by atoms with Crippen LogP contribution in [0.1, 0.15) is 16.3 Å². The van der Waals surface area contributed by atoms with Crippen molar-refractivity contribution in [3.8, 4) is 0 Å². The molecular weight excluding hydrogens is 375 g/mol. The standard InChI is InChI=1S/C16H17F5N4S/c1-22-15(23-6-4-10-8-11(17)2-3-12(10)18)24-7-5-14-25-13(9-26-14)16(19,20)21/h2-3,8-9H,4-7H2,1H3,(H2,22,23,24). The van der Waals surface area contributed by atoms with Gasteiger partial charge in [-0.25, -0.2) is 13.8 Å². The average Bonchev–Trinajstić information content (AvgIpc) is 3.05. The number of nitrogens with zero attached hydrogens (tertiary/aromatic N) is 2. The lowest BCUT2D eigenvalue weighted by Gasteiger charge is -2.11. The quantitative estimate of drug-likeness (QED) is 0.450. The van der Waals surface area contributed by atoms with Crippen LogP contribution in [-0.4, -0.2) is 31.1 Å². The van der Waals surface area contributed by atoms with Gasteiger partial charge in [0.2, 0.25) is 0 Å². The topological polar surface area (TPSA) is 49.3 Å². The number of benzene rings is 1. The van der Waals surface area contributed by atoms with Gasteiger partial charge in [0.05, 0.1) is 5.01 Å². The van der Waals surface area contributed by atoms with Gasteiger partial charge in [-0.05, 0) is 30.2 Å². The summed E-state index contributed by atoms with van der Waals surface area (Å²) in [6.07, 6.45) is -3.88. The maximum atomic E-state index is 13.5. The zero-order chi connectivity index (χ0) is 19.2. The summed E-state index contributed by atoms with van der Waals surface area (Å²) < 4.78 is 64.1. The van der Waals surface area contributed by atoms with E-state index in [1.165, 1.54) is 7.05 Å². The first-order valence-electron chi connectivity index (χ1n) is 7.69. The van der Waals surface area contributed by atoms with Crippen molar-refractivity contribution in [2.24, 2.45) is 4.99 Å². The van der Waals surface area contributed by atoms with E-state index in [2.05, 4.69) is 20.6 Å². The number of aromatic nitrogens is 1. The van der Waals surface area contributed by atoms with Crippen LogP contribution in [-0.2, 0) is 19.0 Å². The Labute approximate surface area is 151 Å². The van der Waals surface area contributed by atoms with Gasteiger partial charge in [0.25, 0.3) is 0 Å². The minimum Gasteiger partial charge on any atom is -0.356 e. The van der Waals surface area contributed by atoms with Crippen molar-refractivity contribution in [3.05, 3.63) is 51.5 Å². The Bertz CT molecular complexity index is 757. The van der Waals surface area contributed by atoms with Gasteiger partial charge < -0.3 is 10.6 Å². The van der Waals surface area contributed by atoms with Gasteiger partial charge >= 0.3 is 6.18 Å². The van der Waals surface area contributed by atoms with Crippen molar-refractivity contribution in [2.45, 2.75) is 19.0 Å². The van der Waals surface area contributed by atoms with E-state index in [9.17, 15) is 22.0 Å². The van der Waals surface area contributed by atoms with E-state index in [0.29, 0.717) is 30.5 Å². The predicted molar refractivity (Wildman–Crippen MR) is 90.2 cm³/mol. The third kappa shape index (κ3) is 5.94. The number of rotatable bonds is 6. The molecule has 26 heavy (non-hydrogen) atoms. The summed E-state index contributed by atoms with van der Waals surface area (Å²) in [5.41, 5.74) is -0.646. The number of hydrogen-bond donors (Lipinski definition) is 2. The third-order valence-corrected chi connectivity index (χ3v) is 4.30. The molecule has 0 aliphatic carbocycles. The lowest BCUT2D eigenvalue weighted by atomic mass is 10.1. The van der Waals surface area contributed by atoms with Crippen molar-refractivity contribution < 1.29 is 22.0 Å².